The monoisotopic (exact) mass is 172 g/mol. The van der Waals surface area contributed by atoms with Crippen molar-refractivity contribution in [3.63, 3.8) is 0 Å². The van der Waals surface area contributed by atoms with Crippen molar-refractivity contribution in [2.24, 2.45) is 10.8 Å². The number of rotatable bonds is 1. The lowest BCUT2D eigenvalue weighted by Gasteiger charge is -2.36. The first-order valence-corrected chi connectivity index (χ1v) is 4.24. The van der Waals surface area contributed by atoms with Crippen LogP contribution in [0.15, 0.2) is 0 Å². The molecule has 0 aromatic heterocycles. The Morgan fingerprint density at radius 3 is 2.08 bits per heavy atom. The van der Waals surface area contributed by atoms with Gasteiger partial charge in [-0.2, -0.15) is 0 Å². The lowest BCUT2D eigenvalue weighted by molar-refractivity contribution is -0.155. The van der Waals surface area contributed by atoms with E-state index in [0.717, 1.165) is 0 Å². The molecular formula is C9H16O3. The van der Waals surface area contributed by atoms with E-state index < -0.39 is 22.9 Å². The molecule has 0 saturated heterocycles. The van der Waals surface area contributed by atoms with Gasteiger partial charge in [0.05, 0.1) is 11.5 Å². The topological polar surface area (TPSA) is 57.5 Å². The van der Waals surface area contributed by atoms with Crippen LogP contribution in [0, 0.1) is 10.8 Å². The third kappa shape index (κ3) is 0.959. The summed E-state index contributed by atoms with van der Waals surface area (Å²) in [5.41, 5.74) is -1.29. The molecule has 1 rings (SSSR count). The van der Waals surface area contributed by atoms with Gasteiger partial charge in [0, 0.05) is 5.41 Å². The summed E-state index contributed by atoms with van der Waals surface area (Å²) in [6, 6.07) is 0. The number of aliphatic hydroxyl groups excluding tert-OH is 1. The predicted molar refractivity (Wildman–Crippen MR) is 44.8 cm³/mol. The quantitative estimate of drug-likeness (QED) is 0.626. The van der Waals surface area contributed by atoms with Crippen LogP contribution in [0.4, 0.5) is 0 Å². The first-order chi connectivity index (χ1) is 5.32. The van der Waals surface area contributed by atoms with E-state index >= 15 is 0 Å². The van der Waals surface area contributed by atoms with Crippen molar-refractivity contribution in [1.29, 1.82) is 0 Å². The maximum Gasteiger partial charge on any atom is 0.309 e. The fraction of sp³-hybridized carbons (Fsp3) is 0.889. The molecule has 1 aliphatic rings. The molecule has 1 aliphatic carbocycles. The van der Waals surface area contributed by atoms with Crippen molar-refractivity contribution < 1.29 is 15.0 Å². The lowest BCUT2D eigenvalue weighted by Crippen LogP contribution is -2.42. The summed E-state index contributed by atoms with van der Waals surface area (Å²) in [4.78, 5) is 11.0. The Morgan fingerprint density at radius 1 is 1.42 bits per heavy atom. The minimum atomic E-state index is -0.802. The second kappa shape index (κ2) is 2.46. The van der Waals surface area contributed by atoms with Crippen LogP contribution < -0.4 is 0 Å². The highest BCUT2D eigenvalue weighted by Crippen LogP contribution is 2.52. The number of aliphatic carboxylic acids is 1. The molecule has 0 aromatic carbocycles. The molecule has 0 aliphatic heterocycles. The average molecular weight is 172 g/mol. The molecule has 1 saturated carbocycles. The maximum absolute atomic E-state index is 11.0. The molecule has 0 heterocycles. The molecule has 12 heavy (non-hydrogen) atoms. The van der Waals surface area contributed by atoms with Gasteiger partial charge in [0.15, 0.2) is 0 Å². The minimum absolute atomic E-state index is 0.487. The Labute approximate surface area is 72.4 Å². The molecule has 3 nitrogen and oxygen atoms in total. The second-order valence-corrected chi connectivity index (χ2v) is 4.41. The highest BCUT2D eigenvalue weighted by molar-refractivity contribution is 5.75. The van der Waals surface area contributed by atoms with Crippen molar-refractivity contribution in [3.8, 4) is 0 Å². The summed E-state index contributed by atoms with van der Waals surface area (Å²) in [6.07, 6.45) is 0.672. The third-order valence-corrected chi connectivity index (χ3v) is 3.64. The zero-order valence-electron chi connectivity index (χ0n) is 7.79. The van der Waals surface area contributed by atoms with Crippen molar-refractivity contribution >= 4 is 5.97 Å². The molecular weight excluding hydrogens is 156 g/mol. The Hall–Kier alpha value is -0.570. The van der Waals surface area contributed by atoms with Gasteiger partial charge in [0.2, 0.25) is 0 Å². The van der Waals surface area contributed by atoms with Crippen LogP contribution in [0.25, 0.3) is 0 Å². The Morgan fingerprint density at radius 2 is 1.92 bits per heavy atom. The van der Waals surface area contributed by atoms with E-state index in [2.05, 4.69) is 0 Å². The zero-order chi connectivity index (χ0) is 9.57. The van der Waals surface area contributed by atoms with E-state index in [1.54, 1.807) is 6.92 Å². The van der Waals surface area contributed by atoms with E-state index in [1.165, 1.54) is 0 Å². The number of hydrogen-bond acceptors (Lipinski definition) is 2. The summed E-state index contributed by atoms with van der Waals surface area (Å²) in [7, 11) is 0. The van der Waals surface area contributed by atoms with Crippen LogP contribution in [0.2, 0.25) is 0 Å². The van der Waals surface area contributed by atoms with Crippen molar-refractivity contribution in [2.45, 2.75) is 39.7 Å². The van der Waals surface area contributed by atoms with Crippen LogP contribution in [-0.4, -0.2) is 22.3 Å². The zero-order valence-corrected chi connectivity index (χ0v) is 7.79. The molecule has 0 spiro atoms. The van der Waals surface area contributed by atoms with Crippen LogP contribution >= 0.6 is 0 Å². The maximum atomic E-state index is 11.0. The van der Waals surface area contributed by atoms with Crippen LogP contribution in [0.3, 0.4) is 0 Å². The fourth-order valence-electron chi connectivity index (χ4n) is 1.86. The highest BCUT2D eigenvalue weighted by atomic mass is 16.4. The number of aliphatic hydroxyl groups is 1. The number of carboxylic acids is 1. The van der Waals surface area contributed by atoms with E-state index in [9.17, 15) is 9.90 Å². The van der Waals surface area contributed by atoms with Gasteiger partial charge in [-0.15, -0.1) is 0 Å². The van der Waals surface area contributed by atoms with E-state index in [4.69, 9.17) is 5.11 Å². The van der Waals surface area contributed by atoms with Crippen molar-refractivity contribution in [1.82, 2.24) is 0 Å². The molecule has 2 atom stereocenters. The summed E-state index contributed by atoms with van der Waals surface area (Å²) in [5, 5.41) is 18.6. The minimum Gasteiger partial charge on any atom is -0.481 e. The first kappa shape index (κ1) is 9.52. The number of hydrogen-bond donors (Lipinski definition) is 2. The van der Waals surface area contributed by atoms with Crippen molar-refractivity contribution in [2.75, 3.05) is 0 Å². The summed E-state index contributed by atoms with van der Waals surface area (Å²) >= 11 is 0. The molecule has 70 valence electrons. The van der Waals surface area contributed by atoms with Gasteiger partial charge in [-0.05, 0) is 19.8 Å². The second-order valence-electron chi connectivity index (χ2n) is 4.41. The molecule has 1 fully saturated rings. The molecule has 3 heteroatoms. The first-order valence-electron chi connectivity index (χ1n) is 4.24. The lowest BCUT2D eigenvalue weighted by atomic mass is 9.68. The van der Waals surface area contributed by atoms with Gasteiger partial charge in [-0.1, -0.05) is 13.8 Å². The smallest absolute Gasteiger partial charge is 0.309 e. The molecule has 0 amide bonds. The predicted octanol–water partition coefficient (Wildman–Crippen LogP) is 1.26. The molecule has 0 unspecified atom stereocenters. The largest absolute Gasteiger partial charge is 0.481 e. The Balaban J connectivity index is 3.01. The van der Waals surface area contributed by atoms with E-state index in [1.807, 2.05) is 13.8 Å². The number of carboxylic acid groups (broad SMARTS) is 1. The Kier molecular flexibility index (Phi) is 1.95. The third-order valence-electron chi connectivity index (χ3n) is 3.64. The number of carbonyl (C=O) groups is 1. The summed E-state index contributed by atoms with van der Waals surface area (Å²) in [5.74, 6) is -0.802. The van der Waals surface area contributed by atoms with E-state index in [-0.39, 0.29) is 0 Å². The van der Waals surface area contributed by atoms with Gasteiger partial charge in [0.25, 0.3) is 0 Å². The molecule has 0 bridgehead atoms. The Bertz CT molecular complexity index is 210. The SMILES string of the molecule is CC1(C)[C@H](O)CC[C@@]1(C)C(=O)O. The highest BCUT2D eigenvalue weighted by Gasteiger charge is 2.55. The van der Waals surface area contributed by atoms with E-state index in [0.29, 0.717) is 12.8 Å². The fourth-order valence-corrected chi connectivity index (χ4v) is 1.86. The van der Waals surface area contributed by atoms with Gasteiger partial charge >= 0.3 is 5.97 Å². The van der Waals surface area contributed by atoms with Gasteiger partial charge in [0.1, 0.15) is 0 Å². The van der Waals surface area contributed by atoms with Crippen LogP contribution in [-0.2, 0) is 4.79 Å². The summed E-state index contributed by atoms with van der Waals surface area (Å²) < 4.78 is 0. The van der Waals surface area contributed by atoms with Gasteiger partial charge in [-0.25, -0.2) is 0 Å². The normalized spacial score (nSPS) is 39.8. The van der Waals surface area contributed by atoms with Crippen LogP contribution in [0.1, 0.15) is 33.6 Å². The molecule has 0 aromatic rings. The summed E-state index contributed by atoms with van der Waals surface area (Å²) in [6.45, 7) is 5.35. The van der Waals surface area contributed by atoms with Gasteiger partial charge < -0.3 is 10.2 Å². The van der Waals surface area contributed by atoms with Crippen LogP contribution in [0.5, 0.6) is 0 Å². The van der Waals surface area contributed by atoms with Gasteiger partial charge in [-0.3, -0.25) is 4.79 Å². The average Bonchev–Trinajstić information content (AvgIpc) is 2.15. The van der Waals surface area contributed by atoms with Crippen molar-refractivity contribution in [3.05, 3.63) is 0 Å². The molecule has 0 radical (unpaired) electrons. The molecule has 2 N–H and O–H groups in total. The standard InChI is InChI=1S/C9H16O3/c1-8(2)6(10)4-5-9(8,3)7(11)12/h6,10H,4-5H2,1-3H3,(H,11,12)/t6-,9+/m1/s1.